The highest BCUT2D eigenvalue weighted by atomic mass is 32.2. The first-order valence-electron chi connectivity index (χ1n) is 7.06. The fourth-order valence-electron chi connectivity index (χ4n) is 1.69. The molecular weight excluding hydrogens is 330 g/mol. The van der Waals surface area contributed by atoms with Crippen LogP contribution in [0.3, 0.4) is 0 Å². The van der Waals surface area contributed by atoms with Gasteiger partial charge in [-0.15, -0.1) is 10.2 Å². The van der Waals surface area contributed by atoms with Gasteiger partial charge in [-0.3, -0.25) is 4.79 Å². The number of carbonyl (C=O) groups excluding carboxylic acids is 1. The minimum atomic E-state index is -0.346. The minimum absolute atomic E-state index is 0.175. The number of anilines is 2. The average Bonchev–Trinajstić information content (AvgIpc) is 2.93. The Morgan fingerprint density at radius 3 is 2.74 bits per heavy atom. The van der Waals surface area contributed by atoms with E-state index in [1.165, 1.54) is 23.1 Å². The zero-order valence-electron chi connectivity index (χ0n) is 13.0. The second-order valence-corrected chi connectivity index (χ2v) is 7.64. The number of carbonyl (C=O) groups is 1. The van der Waals surface area contributed by atoms with Crippen molar-refractivity contribution in [3.8, 4) is 6.07 Å². The van der Waals surface area contributed by atoms with Crippen LogP contribution in [0.15, 0.2) is 28.6 Å². The highest BCUT2D eigenvalue weighted by Gasteiger charge is 2.18. The van der Waals surface area contributed by atoms with Crippen LogP contribution in [0.2, 0.25) is 0 Å². The molecule has 6 nitrogen and oxygen atoms in total. The van der Waals surface area contributed by atoms with Gasteiger partial charge in [0.15, 0.2) is 4.34 Å². The molecule has 2 N–H and O–H groups in total. The van der Waals surface area contributed by atoms with Crippen LogP contribution >= 0.6 is 23.1 Å². The number of benzene rings is 1. The van der Waals surface area contributed by atoms with Gasteiger partial charge in [-0.2, -0.15) is 5.26 Å². The van der Waals surface area contributed by atoms with E-state index in [0.29, 0.717) is 11.3 Å². The normalized spacial score (nSPS) is 11.8. The number of nitriles is 1. The quantitative estimate of drug-likeness (QED) is 0.779. The van der Waals surface area contributed by atoms with Crippen LogP contribution < -0.4 is 10.6 Å². The highest BCUT2D eigenvalue weighted by Crippen LogP contribution is 2.29. The van der Waals surface area contributed by atoms with Crippen LogP contribution in [0.5, 0.6) is 0 Å². The second-order valence-electron chi connectivity index (χ2n) is 5.08. The maximum atomic E-state index is 12.3. The molecule has 0 saturated heterocycles. The molecule has 0 bridgehead atoms. The zero-order chi connectivity index (χ0) is 16.8. The lowest BCUT2D eigenvalue weighted by Gasteiger charge is -2.11. The van der Waals surface area contributed by atoms with Gasteiger partial charge in [0.25, 0.3) is 0 Å². The van der Waals surface area contributed by atoms with Crippen molar-refractivity contribution in [1.29, 1.82) is 5.26 Å². The number of nitrogens with zero attached hydrogens (tertiary/aromatic N) is 3. The number of hydrogen-bond donors (Lipinski definition) is 2. The van der Waals surface area contributed by atoms with Gasteiger partial charge >= 0.3 is 0 Å². The Bertz CT molecular complexity index is 723. The Morgan fingerprint density at radius 1 is 1.30 bits per heavy atom. The van der Waals surface area contributed by atoms with Crippen LogP contribution in [0.1, 0.15) is 26.3 Å². The molecule has 1 amide bonds. The van der Waals surface area contributed by atoms with Gasteiger partial charge < -0.3 is 10.6 Å². The Hall–Kier alpha value is -2.11. The van der Waals surface area contributed by atoms with Crippen LogP contribution in [0, 0.1) is 11.3 Å². The number of nitrogens with one attached hydrogen (secondary N) is 2. The molecule has 0 aliphatic heterocycles. The maximum Gasteiger partial charge on any atom is 0.237 e. The van der Waals surface area contributed by atoms with E-state index in [1.807, 2.05) is 13.8 Å². The molecule has 0 radical (unpaired) electrons. The van der Waals surface area contributed by atoms with E-state index in [2.05, 4.69) is 26.9 Å². The molecule has 120 valence electrons. The van der Waals surface area contributed by atoms with Crippen molar-refractivity contribution >= 4 is 39.8 Å². The summed E-state index contributed by atoms with van der Waals surface area (Å²) in [5, 5.41) is 23.5. The van der Waals surface area contributed by atoms with Gasteiger partial charge in [0.05, 0.1) is 16.5 Å². The Kier molecular flexibility index (Phi) is 5.96. The van der Waals surface area contributed by atoms with Crippen LogP contribution in [0.4, 0.5) is 10.8 Å². The van der Waals surface area contributed by atoms with Gasteiger partial charge in [-0.1, -0.05) is 35.2 Å². The lowest BCUT2D eigenvalue weighted by molar-refractivity contribution is -0.115. The molecule has 1 aromatic carbocycles. The fraction of sp³-hybridized carbons (Fsp3) is 0.333. The lowest BCUT2D eigenvalue weighted by Crippen LogP contribution is -2.22. The van der Waals surface area contributed by atoms with E-state index in [9.17, 15) is 4.79 Å². The summed E-state index contributed by atoms with van der Waals surface area (Å²) in [5.41, 5.74) is 0.962. The summed E-state index contributed by atoms with van der Waals surface area (Å²) < 4.78 is 0.726. The number of para-hydroxylation sites is 1. The summed E-state index contributed by atoms with van der Waals surface area (Å²) >= 11 is 2.76. The molecule has 0 spiro atoms. The summed E-state index contributed by atoms with van der Waals surface area (Å²) in [6.07, 6.45) is 0. The monoisotopic (exact) mass is 347 g/mol. The SMILES string of the molecule is CC(C)Nc1nnc(SC(C)C(=O)Nc2ccccc2C#N)s1. The first-order chi connectivity index (χ1) is 11.0. The van der Waals surface area contributed by atoms with E-state index >= 15 is 0 Å². The van der Waals surface area contributed by atoms with E-state index in [-0.39, 0.29) is 17.2 Å². The summed E-state index contributed by atoms with van der Waals surface area (Å²) in [4.78, 5) is 12.3. The predicted molar refractivity (Wildman–Crippen MR) is 93.8 cm³/mol. The number of aromatic nitrogens is 2. The number of hydrogen-bond acceptors (Lipinski definition) is 7. The van der Waals surface area contributed by atoms with Crippen molar-refractivity contribution in [2.45, 2.75) is 36.4 Å². The molecular formula is C15H17N5OS2. The largest absolute Gasteiger partial charge is 0.358 e. The zero-order valence-corrected chi connectivity index (χ0v) is 14.7. The molecule has 1 heterocycles. The number of rotatable bonds is 6. The summed E-state index contributed by atoms with van der Waals surface area (Å²) in [7, 11) is 0. The number of thioether (sulfide) groups is 1. The molecule has 23 heavy (non-hydrogen) atoms. The molecule has 1 aromatic heterocycles. The first-order valence-corrected chi connectivity index (χ1v) is 8.76. The van der Waals surface area contributed by atoms with Crippen molar-refractivity contribution in [2.24, 2.45) is 0 Å². The Labute approximate surface area is 143 Å². The van der Waals surface area contributed by atoms with Gasteiger partial charge in [0, 0.05) is 6.04 Å². The Balaban J connectivity index is 1.97. The lowest BCUT2D eigenvalue weighted by atomic mass is 10.2. The summed E-state index contributed by atoms with van der Waals surface area (Å²) in [6, 6.07) is 9.26. The van der Waals surface area contributed by atoms with E-state index in [4.69, 9.17) is 5.26 Å². The third kappa shape index (κ3) is 4.94. The maximum absolute atomic E-state index is 12.3. The molecule has 1 atom stereocenters. The minimum Gasteiger partial charge on any atom is -0.358 e. The molecule has 2 aromatic rings. The standard InChI is InChI=1S/C15H17N5OS2/c1-9(2)17-14-19-20-15(23-14)22-10(3)13(21)18-12-7-5-4-6-11(12)8-16/h4-7,9-10H,1-3H3,(H,17,19)(H,18,21). The van der Waals surface area contributed by atoms with Crippen molar-refractivity contribution < 1.29 is 4.79 Å². The van der Waals surface area contributed by atoms with Gasteiger partial charge in [0.2, 0.25) is 11.0 Å². The van der Waals surface area contributed by atoms with Gasteiger partial charge in [-0.25, -0.2) is 0 Å². The summed E-state index contributed by atoms with van der Waals surface area (Å²) in [5.74, 6) is -0.175. The highest BCUT2D eigenvalue weighted by molar-refractivity contribution is 8.02. The van der Waals surface area contributed by atoms with Gasteiger partial charge in [0.1, 0.15) is 6.07 Å². The molecule has 0 saturated carbocycles. The Morgan fingerprint density at radius 2 is 2.04 bits per heavy atom. The molecule has 0 aliphatic rings. The van der Waals surface area contributed by atoms with Crippen molar-refractivity contribution in [3.05, 3.63) is 29.8 Å². The topological polar surface area (TPSA) is 90.7 Å². The van der Waals surface area contributed by atoms with E-state index in [0.717, 1.165) is 9.47 Å². The smallest absolute Gasteiger partial charge is 0.237 e. The molecule has 1 unspecified atom stereocenters. The van der Waals surface area contributed by atoms with Crippen molar-refractivity contribution in [3.63, 3.8) is 0 Å². The van der Waals surface area contributed by atoms with Crippen LogP contribution in [0.25, 0.3) is 0 Å². The van der Waals surface area contributed by atoms with E-state index < -0.39 is 0 Å². The molecule has 8 heteroatoms. The summed E-state index contributed by atoms with van der Waals surface area (Å²) in [6.45, 7) is 5.85. The third-order valence-corrected chi connectivity index (χ3v) is 4.81. The fourth-order valence-corrected chi connectivity index (χ4v) is 3.73. The number of amides is 1. The average molecular weight is 347 g/mol. The van der Waals surface area contributed by atoms with Crippen LogP contribution in [-0.2, 0) is 4.79 Å². The third-order valence-electron chi connectivity index (χ3n) is 2.77. The molecule has 0 fully saturated rings. The van der Waals surface area contributed by atoms with Crippen LogP contribution in [-0.4, -0.2) is 27.4 Å². The predicted octanol–water partition coefficient (Wildman–Crippen LogP) is 3.35. The molecule has 2 rings (SSSR count). The van der Waals surface area contributed by atoms with E-state index in [1.54, 1.807) is 31.2 Å². The molecule has 0 aliphatic carbocycles. The first kappa shape index (κ1) is 17.2. The second kappa shape index (κ2) is 7.94. The van der Waals surface area contributed by atoms with Gasteiger partial charge in [-0.05, 0) is 32.9 Å². The van der Waals surface area contributed by atoms with Crippen molar-refractivity contribution in [1.82, 2.24) is 10.2 Å². The van der Waals surface area contributed by atoms with Crippen molar-refractivity contribution in [2.75, 3.05) is 10.6 Å².